The topological polar surface area (TPSA) is 65.1 Å². The lowest BCUT2D eigenvalue weighted by atomic mass is 9.99. The molecular weight excluding hydrogens is 355 g/mol. The normalized spacial score (nSPS) is 15.2. The number of rotatable bonds is 1. The molecular formula is C20H22ClFN2O2. The molecule has 1 aromatic heterocycles. The number of aromatic nitrogens is 1. The summed E-state index contributed by atoms with van der Waals surface area (Å²) < 4.78 is 12.1. The largest absolute Gasteiger partial charge is 0.480 e. The van der Waals surface area contributed by atoms with Gasteiger partial charge in [-0.25, -0.2) is 4.39 Å². The van der Waals surface area contributed by atoms with Crippen LogP contribution in [0.3, 0.4) is 0 Å². The van der Waals surface area contributed by atoms with E-state index in [1.54, 1.807) is 12.1 Å². The molecule has 0 aliphatic carbocycles. The number of hydrogen-bond acceptors (Lipinski definition) is 2. The molecule has 0 spiro atoms. The average molecular weight is 377 g/mol. The number of H-pyrrole nitrogens is 1. The maximum Gasteiger partial charge on any atom is 0.321 e. The van der Waals surface area contributed by atoms with Crippen molar-refractivity contribution in [3.05, 3.63) is 70.6 Å². The number of para-hydroxylation sites is 1. The molecule has 0 saturated carbocycles. The van der Waals surface area contributed by atoms with Gasteiger partial charge >= 0.3 is 5.97 Å². The minimum atomic E-state index is -0.782. The third-order valence-electron chi connectivity index (χ3n) is 3.92. The molecule has 2 heterocycles. The summed E-state index contributed by atoms with van der Waals surface area (Å²) >= 11 is 5.40. The van der Waals surface area contributed by atoms with E-state index < -0.39 is 12.0 Å². The van der Waals surface area contributed by atoms with E-state index >= 15 is 0 Å². The Kier molecular flexibility index (Phi) is 7.18. The van der Waals surface area contributed by atoms with Gasteiger partial charge in [-0.1, -0.05) is 49.7 Å². The fourth-order valence-corrected chi connectivity index (χ4v) is 2.95. The maximum atomic E-state index is 12.1. The number of carboxylic acid groups (broad SMARTS) is 1. The van der Waals surface area contributed by atoms with Crippen LogP contribution in [0.2, 0.25) is 5.02 Å². The molecule has 3 N–H and O–H groups in total. The highest BCUT2D eigenvalue weighted by Crippen LogP contribution is 2.26. The molecule has 0 fully saturated rings. The monoisotopic (exact) mass is 376 g/mol. The minimum absolute atomic E-state index is 0.294. The first-order valence-electron chi connectivity index (χ1n) is 8.50. The van der Waals surface area contributed by atoms with E-state index in [0.29, 0.717) is 18.0 Å². The van der Waals surface area contributed by atoms with Crippen molar-refractivity contribution in [2.24, 2.45) is 0 Å². The van der Waals surface area contributed by atoms with Crippen molar-refractivity contribution < 1.29 is 14.3 Å². The summed E-state index contributed by atoms with van der Waals surface area (Å²) in [7, 11) is 0. The van der Waals surface area contributed by atoms with E-state index in [4.69, 9.17) is 16.7 Å². The Morgan fingerprint density at radius 2 is 1.92 bits per heavy atom. The van der Waals surface area contributed by atoms with Crippen LogP contribution in [0.25, 0.3) is 10.9 Å². The van der Waals surface area contributed by atoms with Crippen LogP contribution >= 0.6 is 11.6 Å². The fourth-order valence-electron chi connectivity index (χ4n) is 2.78. The number of carboxylic acids is 1. The van der Waals surface area contributed by atoms with Gasteiger partial charge in [-0.3, -0.25) is 10.1 Å². The van der Waals surface area contributed by atoms with Crippen LogP contribution in [-0.2, 0) is 17.8 Å². The number of fused-ring (bicyclic) bond motifs is 3. The molecule has 0 amide bonds. The second kappa shape index (κ2) is 9.36. The highest BCUT2D eigenvalue weighted by atomic mass is 35.5. The van der Waals surface area contributed by atoms with Crippen molar-refractivity contribution in [2.75, 3.05) is 0 Å². The van der Waals surface area contributed by atoms with Gasteiger partial charge in [0.15, 0.2) is 0 Å². The number of halogens is 2. The van der Waals surface area contributed by atoms with Crippen molar-refractivity contribution in [3.63, 3.8) is 0 Å². The van der Waals surface area contributed by atoms with Gasteiger partial charge in [0.25, 0.3) is 0 Å². The van der Waals surface area contributed by atoms with E-state index in [-0.39, 0.29) is 5.82 Å². The van der Waals surface area contributed by atoms with Gasteiger partial charge in [0.1, 0.15) is 11.9 Å². The van der Waals surface area contributed by atoms with Gasteiger partial charge in [0.05, 0.1) is 0 Å². The van der Waals surface area contributed by atoms with E-state index in [2.05, 4.69) is 10.3 Å². The summed E-state index contributed by atoms with van der Waals surface area (Å²) in [6, 6.07) is 13.4. The van der Waals surface area contributed by atoms with Crippen molar-refractivity contribution in [3.8, 4) is 0 Å². The van der Waals surface area contributed by atoms with Crippen LogP contribution in [0.1, 0.15) is 25.1 Å². The highest BCUT2D eigenvalue weighted by Gasteiger charge is 2.26. The minimum Gasteiger partial charge on any atom is -0.480 e. The van der Waals surface area contributed by atoms with Crippen LogP contribution in [0.4, 0.5) is 4.39 Å². The average Bonchev–Trinajstić information content (AvgIpc) is 3.01. The first kappa shape index (κ1) is 19.9. The SMILES string of the molecule is CC.Fc1cccc(Cl)c1.O=C(O)C1Cc2c([nH]c3ccccc23)CN1. The van der Waals surface area contributed by atoms with Gasteiger partial charge in [-0.05, 0) is 29.8 Å². The summed E-state index contributed by atoms with van der Waals surface area (Å²) in [5, 5.41) is 13.6. The molecule has 4 rings (SSSR count). The van der Waals surface area contributed by atoms with Crippen LogP contribution in [0.15, 0.2) is 48.5 Å². The second-order valence-electron chi connectivity index (χ2n) is 5.54. The lowest BCUT2D eigenvalue weighted by Gasteiger charge is -2.20. The number of benzene rings is 2. The molecule has 2 aromatic carbocycles. The van der Waals surface area contributed by atoms with Crippen molar-refractivity contribution in [2.45, 2.75) is 32.9 Å². The van der Waals surface area contributed by atoms with E-state index in [9.17, 15) is 9.18 Å². The Morgan fingerprint density at radius 1 is 1.19 bits per heavy atom. The zero-order valence-electron chi connectivity index (χ0n) is 14.7. The van der Waals surface area contributed by atoms with E-state index in [0.717, 1.165) is 22.2 Å². The molecule has 0 radical (unpaired) electrons. The molecule has 0 bridgehead atoms. The van der Waals surface area contributed by atoms with Gasteiger partial charge in [-0.15, -0.1) is 0 Å². The summed E-state index contributed by atoms with van der Waals surface area (Å²) in [6.07, 6.45) is 0.550. The lowest BCUT2D eigenvalue weighted by molar-refractivity contribution is -0.139. The molecule has 4 nitrogen and oxygen atoms in total. The van der Waals surface area contributed by atoms with Crippen molar-refractivity contribution in [1.82, 2.24) is 10.3 Å². The van der Waals surface area contributed by atoms with Gasteiger partial charge in [-0.2, -0.15) is 0 Å². The number of nitrogens with one attached hydrogen (secondary N) is 2. The molecule has 0 saturated heterocycles. The molecule has 1 atom stereocenters. The maximum absolute atomic E-state index is 12.1. The van der Waals surface area contributed by atoms with Crippen LogP contribution in [-0.4, -0.2) is 22.1 Å². The van der Waals surface area contributed by atoms with Gasteiger partial charge in [0, 0.05) is 34.6 Å². The Bertz CT molecular complexity index is 862. The molecule has 6 heteroatoms. The summed E-state index contributed by atoms with van der Waals surface area (Å²) in [4.78, 5) is 14.3. The Hall–Kier alpha value is -2.37. The van der Waals surface area contributed by atoms with E-state index in [1.165, 1.54) is 12.1 Å². The summed E-state index contributed by atoms with van der Waals surface area (Å²) in [5.41, 5.74) is 3.33. The van der Waals surface area contributed by atoms with Gasteiger partial charge < -0.3 is 10.1 Å². The van der Waals surface area contributed by atoms with Gasteiger partial charge in [0.2, 0.25) is 0 Å². The zero-order valence-corrected chi connectivity index (χ0v) is 15.5. The Morgan fingerprint density at radius 3 is 2.54 bits per heavy atom. The predicted octanol–water partition coefficient (Wildman–Crippen LogP) is 4.77. The Labute approximate surface area is 157 Å². The predicted molar refractivity (Wildman–Crippen MR) is 103 cm³/mol. The summed E-state index contributed by atoms with van der Waals surface area (Å²) in [6.45, 7) is 4.60. The molecule has 3 aromatic rings. The molecule has 26 heavy (non-hydrogen) atoms. The van der Waals surface area contributed by atoms with E-state index in [1.807, 2.05) is 38.1 Å². The smallest absolute Gasteiger partial charge is 0.321 e. The quantitative estimate of drug-likeness (QED) is 0.573. The number of carbonyl (C=O) groups is 1. The van der Waals surface area contributed by atoms with Crippen LogP contribution < -0.4 is 5.32 Å². The molecule has 138 valence electrons. The lowest BCUT2D eigenvalue weighted by Crippen LogP contribution is -2.41. The standard InChI is InChI=1S/C12H12N2O2.C6H4ClF.C2H6/c15-12(16)10-5-8-7-3-1-2-4-9(7)14-11(8)6-13-10;7-5-2-1-3-6(8)4-5;1-2/h1-4,10,13-14H,5-6H2,(H,15,16);1-4H;1-2H3. The molecule has 1 aliphatic rings. The fraction of sp³-hybridized carbons (Fsp3) is 0.250. The van der Waals surface area contributed by atoms with Crippen molar-refractivity contribution >= 4 is 28.5 Å². The third kappa shape index (κ3) is 4.84. The number of aliphatic carboxylic acids is 1. The number of hydrogen-bond donors (Lipinski definition) is 3. The van der Waals surface area contributed by atoms with Crippen LogP contribution in [0.5, 0.6) is 0 Å². The zero-order chi connectivity index (χ0) is 19.1. The van der Waals surface area contributed by atoms with Crippen molar-refractivity contribution in [1.29, 1.82) is 0 Å². The van der Waals surface area contributed by atoms with Crippen LogP contribution in [0, 0.1) is 5.82 Å². The second-order valence-corrected chi connectivity index (χ2v) is 5.98. The molecule has 1 aliphatic heterocycles. The first-order chi connectivity index (χ1) is 12.5. The molecule has 1 unspecified atom stereocenters. The summed E-state index contributed by atoms with van der Waals surface area (Å²) in [5.74, 6) is -1.08. The first-order valence-corrected chi connectivity index (χ1v) is 8.88. The third-order valence-corrected chi connectivity index (χ3v) is 4.16. The number of aromatic amines is 1. The Balaban J connectivity index is 0.000000206. The highest BCUT2D eigenvalue weighted by molar-refractivity contribution is 6.30.